The number of rotatable bonds is 4. The van der Waals surface area contributed by atoms with Crippen molar-refractivity contribution in [3.63, 3.8) is 0 Å². The van der Waals surface area contributed by atoms with E-state index < -0.39 is 17.3 Å². The first kappa shape index (κ1) is 18.2. The van der Waals surface area contributed by atoms with E-state index in [0.717, 1.165) is 19.3 Å². The summed E-state index contributed by atoms with van der Waals surface area (Å²) in [6, 6.07) is 9.37. The Morgan fingerprint density at radius 1 is 1.16 bits per heavy atom. The van der Waals surface area contributed by atoms with Crippen LogP contribution in [0.2, 0.25) is 0 Å². The minimum absolute atomic E-state index is 0.0402. The molecule has 2 fully saturated rings. The second-order valence-corrected chi connectivity index (χ2v) is 7.83. The molecule has 1 aromatic rings. The lowest BCUT2D eigenvalue weighted by Gasteiger charge is -2.43. The molecular weight excluding hydrogens is 318 g/mol. The van der Waals surface area contributed by atoms with Crippen LogP contribution >= 0.6 is 0 Å². The number of likely N-dealkylation sites (tertiary alicyclic amines) is 1. The van der Waals surface area contributed by atoms with Gasteiger partial charge in [0.2, 0.25) is 5.91 Å². The summed E-state index contributed by atoms with van der Waals surface area (Å²) in [6.07, 6.45) is 4.67. The smallest absolute Gasteiger partial charge is 0.225 e. The largest absolute Gasteiger partial charge is 0.486 e. The van der Waals surface area contributed by atoms with Crippen LogP contribution in [0.25, 0.3) is 0 Å². The van der Waals surface area contributed by atoms with E-state index in [1.165, 1.54) is 0 Å². The van der Waals surface area contributed by atoms with Crippen LogP contribution < -0.4 is 4.74 Å². The standard InChI is InChI=1S/C20H29NO4/c1-19(23)12-13-21(15-17(19)25-16-8-4-2-5-9-16)18(22)14-20(24)10-6-3-7-11-20/h2,4-5,8-9,17,23-24H,3,6-7,10-15H2,1H3/t17-,19-/m1/s1. The van der Waals surface area contributed by atoms with Gasteiger partial charge >= 0.3 is 0 Å². The van der Waals surface area contributed by atoms with Gasteiger partial charge in [0.05, 0.1) is 18.6 Å². The van der Waals surface area contributed by atoms with E-state index in [-0.39, 0.29) is 12.3 Å². The van der Waals surface area contributed by atoms with Gasteiger partial charge in [-0.3, -0.25) is 4.79 Å². The number of piperidine rings is 1. The summed E-state index contributed by atoms with van der Waals surface area (Å²) in [5.41, 5.74) is -1.83. The quantitative estimate of drug-likeness (QED) is 0.878. The average Bonchev–Trinajstić information content (AvgIpc) is 2.58. The third-order valence-electron chi connectivity index (χ3n) is 5.61. The highest BCUT2D eigenvalue weighted by Crippen LogP contribution is 2.33. The molecule has 1 saturated heterocycles. The number of aliphatic hydroxyl groups is 2. The van der Waals surface area contributed by atoms with Crippen molar-refractivity contribution in [2.45, 2.75) is 69.2 Å². The van der Waals surface area contributed by atoms with E-state index >= 15 is 0 Å². The van der Waals surface area contributed by atoms with Crippen molar-refractivity contribution in [2.24, 2.45) is 0 Å². The predicted molar refractivity (Wildman–Crippen MR) is 95.3 cm³/mol. The summed E-state index contributed by atoms with van der Waals surface area (Å²) in [5.74, 6) is 0.648. The summed E-state index contributed by atoms with van der Waals surface area (Å²) in [5, 5.41) is 21.3. The van der Waals surface area contributed by atoms with Crippen LogP contribution in [0.15, 0.2) is 30.3 Å². The zero-order valence-electron chi connectivity index (χ0n) is 15.0. The van der Waals surface area contributed by atoms with Gasteiger partial charge in [0.15, 0.2) is 0 Å². The highest BCUT2D eigenvalue weighted by atomic mass is 16.5. The Morgan fingerprint density at radius 2 is 1.84 bits per heavy atom. The normalized spacial score (nSPS) is 29.2. The zero-order valence-corrected chi connectivity index (χ0v) is 15.0. The van der Waals surface area contributed by atoms with Crippen LogP contribution in [-0.2, 0) is 4.79 Å². The van der Waals surface area contributed by atoms with Gasteiger partial charge in [0.25, 0.3) is 0 Å². The summed E-state index contributed by atoms with van der Waals surface area (Å²) in [4.78, 5) is 14.4. The molecule has 2 atom stereocenters. The van der Waals surface area contributed by atoms with E-state index in [9.17, 15) is 15.0 Å². The van der Waals surface area contributed by atoms with E-state index in [2.05, 4.69) is 0 Å². The van der Waals surface area contributed by atoms with E-state index in [4.69, 9.17) is 4.74 Å². The Morgan fingerprint density at radius 3 is 2.52 bits per heavy atom. The first-order valence-corrected chi connectivity index (χ1v) is 9.32. The molecule has 5 nitrogen and oxygen atoms in total. The minimum Gasteiger partial charge on any atom is -0.486 e. The molecule has 1 aliphatic heterocycles. The first-order chi connectivity index (χ1) is 11.9. The molecule has 0 aromatic heterocycles. The van der Waals surface area contributed by atoms with Crippen LogP contribution in [0.1, 0.15) is 51.9 Å². The first-order valence-electron chi connectivity index (χ1n) is 9.32. The average molecular weight is 347 g/mol. The Bertz CT molecular complexity index is 581. The molecule has 5 heteroatoms. The molecule has 138 valence electrons. The molecule has 0 unspecified atom stereocenters. The SMILES string of the molecule is C[C@@]1(O)CCN(C(=O)CC2(O)CCCCC2)C[C@H]1Oc1ccccc1. The highest BCUT2D eigenvalue weighted by Gasteiger charge is 2.42. The van der Waals surface area contributed by atoms with Crippen molar-refractivity contribution in [1.29, 1.82) is 0 Å². The van der Waals surface area contributed by atoms with Gasteiger partial charge in [0.1, 0.15) is 17.5 Å². The molecule has 25 heavy (non-hydrogen) atoms. The maximum absolute atomic E-state index is 12.7. The molecule has 1 saturated carbocycles. The van der Waals surface area contributed by atoms with Gasteiger partial charge in [-0.05, 0) is 38.3 Å². The molecule has 3 rings (SSSR count). The van der Waals surface area contributed by atoms with Crippen LogP contribution in [-0.4, -0.2) is 51.4 Å². The number of ether oxygens (including phenoxy) is 1. The molecule has 1 aromatic carbocycles. The fourth-order valence-corrected chi connectivity index (χ4v) is 3.84. The van der Waals surface area contributed by atoms with Crippen molar-refractivity contribution in [2.75, 3.05) is 13.1 Å². The van der Waals surface area contributed by atoms with Crippen molar-refractivity contribution < 1.29 is 19.7 Å². The molecular formula is C20H29NO4. The predicted octanol–water partition coefficient (Wildman–Crippen LogP) is 2.50. The van der Waals surface area contributed by atoms with Crippen LogP contribution in [0, 0.1) is 0 Å². The topological polar surface area (TPSA) is 70.0 Å². The third-order valence-corrected chi connectivity index (χ3v) is 5.61. The lowest BCUT2D eigenvalue weighted by atomic mass is 9.82. The van der Waals surface area contributed by atoms with Gasteiger partial charge in [-0.1, -0.05) is 37.5 Å². The second-order valence-electron chi connectivity index (χ2n) is 7.83. The monoisotopic (exact) mass is 347 g/mol. The Balaban J connectivity index is 1.64. The summed E-state index contributed by atoms with van der Waals surface area (Å²) in [6.45, 7) is 2.60. The van der Waals surface area contributed by atoms with Gasteiger partial charge in [-0.2, -0.15) is 0 Å². The van der Waals surface area contributed by atoms with Gasteiger partial charge < -0.3 is 19.8 Å². The van der Waals surface area contributed by atoms with Gasteiger partial charge in [0, 0.05) is 6.54 Å². The highest BCUT2D eigenvalue weighted by molar-refractivity contribution is 5.77. The fraction of sp³-hybridized carbons (Fsp3) is 0.650. The molecule has 2 aliphatic rings. The fourth-order valence-electron chi connectivity index (χ4n) is 3.84. The molecule has 0 radical (unpaired) electrons. The van der Waals surface area contributed by atoms with Crippen molar-refractivity contribution >= 4 is 5.91 Å². The summed E-state index contributed by atoms with van der Waals surface area (Å²) < 4.78 is 5.96. The summed E-state index contributed by atoms with van der Waals surface area (Å²) >= 11 is 0. The lowest BCUT2D eigenvalue weighted by molar-refractivity contribution is -0.149. The van der Waals surface area contributed by atoms with Crippen molar-refractivity contribution in [3.8, 4) is 5.75 Å². The van der Waals surface area contributed by atoms with Crippen molar-refractivity contribution in [1.82, 2.24) is 4.90 Å². The van der Waals surface area contributed by atoms with Crippen LogP contribution in [0.3, 0.4) is 0 Å². The number of carbonyl (C=O) groups excluding carboxylic acids is 1. The maximum Gasteiger partial charge on any atom is 0.225 e. The molecule has 0 spiro atoms. The Labute approximate surface area is 149 Å². The number of benzene rings is 1. The molecule has 1 aliphatic carbocycles. The number of carbonyl (C=O) groups is 1. The maximum atomic E-state index is 12.7. The van der Waals surface area contributed by atoms with Gasteiger partial charge in [-0.15, -0.1) is 0 Å². The summed E-state index contributed by atoms with van der Waals surface area (Å²) in [7, 11) is 0. The lowest BCUT2D eigenvalue weighted by Crippen LogP contribution is -2.58. The van der Waals surface area contributed by atoms with E-state index in [1.807, 2.05) is 30.3 Å². The second kappa shape index (κ2) is 7.34. The van der Waals surface area contributed by atoms with E-state index in [0.29, 0.717) is 38.1 Å². The Hall–Kier alpha value is -1.59. The van der Waals surface area contributed by atoms with Crippen LogP contribution in [0.4, 0.5) is 0 Å². The number of hydrogen-bond donors (Lipinski definition) is 2. The number of nitrogens with zero attached hydrogens (tertiary/aromatic N) is 1. The number of hydrogen-bond acceptors (Lipinski definition) is 4. The molecule has 1 amide bonds. The van der Waals surface area contributed by atoms with Gasteiger partial charge in [-0.25, -0.2) is 0 Å². The van der Waals surface area contributed by atoms with E-state index in [1.54, 1.807) is 11.8 Å². The number of amides is 1. The molecule has 0 bridgehead atoms. The molecule has 1 heterocycles. The van der Waals surface area contributed by atoms with Crippen LogP contribution in [0.5, 0.6) is 5.75 Å². The minimum atomic E-state index is -0.978. The Kier molecular flexibility index (Phi) is 5.35. The van der Waals surface area contributed by atoms with Crippen molar-refractivity contribution in [3.05, 3.63) is 30.3 Å². The third kappa shape index (κ3) is 4.53. The zero-order chi connectivity index (χ0) is 17.9. The molecule has 2 N–H and O–H groups in total. The number of para-hydroxylation sites is 1.